The van der Waals surface area contributed by atoms with E-state index in [-0.39, 0.29) is 6.42 Å². The monoisotopic (exact) mass is 411 g/mol. The number of nitrogens with one attached hydrogen (secondary N) is 1. The summed E-state index contributed by atoms with van der Waals surface area (Å²) in [5.41, 5.74) is -5.88. The molecule has 0 aliphatic rings. The molecule has 0 fully saturated rings. The number of hydrogen-bond donors (Lipinski definition) is 1. The number of alkyl halides is 3. The summed E-state index contributed by atoms with van der Waals surface area (Å²) in [6.07, 6.45) is -0.0131. The van der Waals surface area contributed by atoms with E-state index in [0.717, 1.165) is 12.1 Å². The van der Waals surface area contributed by atoms with Crippen LogP contribution in [0.3, 0.4) is 0 Å². The van der Waals surface area contributed by atoms with Gasteiger partial charge in [0.15, 0.2) is 0 Å². The number of amides is 1. The summed E-state index contributed by atoms with van der Waals surface area (Å²) in [6.45, 7) is 6.19. The summed E-state index contributed by atoms with van der Waals surface area (Å²) in [6, 6.07) is 3.56. The molecule has 0 spiro atoms. The van der Waals surface area contributed by atoms with Crippen LogP contribution in [0, 0.1) is 0 Å². The van der Waals surface area contributed by atoms with Crippen LogP contribution in [0.25, 0.3) is 0 Å². The summed E-state index contributed by atoms with van der Waals surface area (Å²) in [5.74, 6) is -1.69. The first kappa shape index (κ1) is 22.7. The van der Waals surface area contributed by atoms with Gasteiger partial charge in [0.1, 0.15) is 17.4 Å². The highest BCUT2D eigenvalue weighted by molar-refractivity contribution is 7.88. The van der Waals surface area contributed by atoms with Crippen molar-refractivity contribution < 1.29 is 40.1 Å². The van der Waals surface area contributed by atoms with Gasteiger partial charge < -0.3 is 14.2 Å². The molecule has 0 radical (unpaired) electrons. The number of benzene rings is 1. The molecule has 1 aromatic rings. The fraction of sp³-hybridized carbons (Fsp3) is 0.500. The molecule has 1 N–H and O–H groups in total. The maximum atomic E-state index is 12.3. The quantitative estimate of drug-likeness (QED) is 0.438. The van der Waals surface area contributed by atoms with Crippen molar-refractivity contribution in [3.63, 3.8) is 0 Å². The second-order valence-electron chi connectivity index (χ2n) is 6.62. The normalized spacial score (nSPS) is 13.6. The minimum Gasteiger partial charge on any atom is -0.458 e. The minimum atomic E-state index is -5.77. The van der Waals surface area contributed by atoms with Gasteiger partial charge in [0, 0.05) is 13.3 Å². The van der Waals surface area contributed by atoms with Crippen molar-refractivity contribution in [1.82, 2.24) is 5.32 Å². The van der Waals surface area contributed by atoms with Crippen LogP contribution in [0.5, 0.6) is 5.75 Å². The number of ether oxygens (including phenoxy) is 1. The van der Waals surface area contributed by atoms with Gasteiger partial charge in [0.25, 0.3) is 0 Å². The molecule has 11 heteroatoms. The molecular formula is C16H20F3NO6S. The molecule has 0 aliphatic heterocycles. The first-order chi connectivity index (χ1) is 12.1. The first-order valence-corrected chi connectivity index (χ1v) is 9.11. The smallest absolute Gasteiger partial charge is 0.458 e. The number of halogens is 3. The molecule has 0 unspecified atom stereocenters. The molecule has 0 saturated heterocycles. The summed E-state index contributed by atoms with van der Waals surface area (Å²) >= 11 is 0. The Labute approximate surface area is 155 Å². The highest BCUT2D eigenvalue weighted by Crippen LogP contribution is 2.27. The molecule has 1 rings (SSSR count). The molecule has 1 amide bonds. The highest BCUT2D eigenvalue weighted by Gasteiger charge is 2.48. The Kier molecular flexibility index (Phi) is 6.87. The summed E-state index contributed by atoms with van der Waals surface area (Å²) < 4.78 is 68.1. The Bertz CT molecular complexity index is 782. The molecule has 0 saturated carbocycles. The van der Waals surface area contributed by atoms with Crippen LogP contribution in [-0.2, 0) is 30.9 Å². The molecule has 1 atom stereocenters. The van der Waals surface area contributed by atoms with Gasteiger partial charge in [0.2, 0.25) is 5.91 Å². The van der Waals surface area contributed by atoms with Crippen LogP contribution in [0.15, 0.2) is 24.3 Å². The largest absolute Gasteiger partial charge is 0.534 e. The van der Waals surface area contributed by atoms with E-state index >= 15 is 0 Å². The van der Waals surface area contributed by atoms with E-state index in [1.54, 1.807) is 20.8 Å². The van der Waals surface area contributed by atoms with Crippen molar-refractivity contribution in [2.24, 2.45) is 0 Å². The van der Waals surface area contributed by atoms with Crippen molar-refractivity contribution in [3.8, 4) is 5.75 Å². The highest BCUT2D eigenvalue weighted by atomic mass is 32.2. The zero-order chi connectivity index (χ0) is 21.0. The Morgan fingerprint density at radius 2 is 1.63 bits per heavy atom. The number of carbonyl (C=O) groups excluding carboxylic acids is 2. The van der Waals surface area contributed by atoms with Crippen molar-refractivity contribution in [1.29, 1.82) is 0 Å². The van der Waals surface area contributed by atoms with Crippen molar-refractivity contribution in [2.75, 3.05) is 0 Å². The third-order valence-corrected chi connectivity index (χ3v) is 3.90. The zero-order valence-electron chi connectivity index (χ0n) is 15.1. The lowest BCUT2D eigenvalue weighted by atomic mass is 10.1. The second kappa shape index (κ2) is 8.15. The predicted molar refractivity (Wildman–Crippen MR) is 89.2 cm³/mol. The van der Waals surface area contributed by atoms with Crippen LogP contribution in [-0.4, -0.2) is 37.4 Å². The fourth-order valence-electron chi connectivity index (χ4n) is 1.90. The van der Waals surface area contributed by atoms with Gasteiger partial charge in [0.05, 0.1) is 0 Å². The van der Waals surface area contributed by atoms with Crippen LogP contribution in [0.4, 0.5) is 13.2 Å². The average molecular weight is 411 g/mol. The van der Waals surface area contributed by atoms with Gasteiger partial charge in [-0.1, -0.05) is 12.1 Å². The van der Waals surface area contributed by atoms with E-state index in [0.29, 0.717) is 5.56 Å². The Morgan fingerprint density at radius 3 is 2.04 bits per heavy atom. The third-order valence-electron chi connectivity index (χ3n) is 2.92. The Hall–Kier alpha value is -2.30. The Balaban J connectivity index is 2.92. The minimum absolute atomic E-state index is 0.0131. The average Bonchev–Trinajstić information content (AvgIpc) is 2.44. The predicted octanol–water partition coefficient (Wildman–Crippen LogP) is 2.30. The molecule has 7 nitrogen and oxygen atoms in total. The van der Waals surface area contributed by atoms with Crippen LogP contribution in [0.1, 0.15) is 33.3 Å². The van der Waals surface area contributed by atoms with Gasteiger partial charge in [-0.15, -0.1) is 0 Å². The lowest BCUT2D eigenvalue weighted by Gasteiger charge is -2.24. The van der Waals surface area contributed by atoms with E-state index in [9.17, 15) is 31.2 Å². The zero-order valence-corrected chi connectivity index (χ0v) is 15.9. The van der Waals surface area contributed by atoms with Crippen molar-refractivity contribution in [3.05, 3.63) is 29.8 Å². The van der Waals surface area contributed by atoms with Crippen LogP contribution in [0.2, 0.25) is 0 Å². The molecule has 152 valence electrons. The number of carbonyl (C=O) groups is 2. The molecule has 0 aromatic heterocycles. The molecule has 1 aromatic carbocycles. The van der Waals surface area contributed by atoms with Gasteiger partial charge in [-0.2, -0.15) is 21.6 Å². The summed E-state index contributed by atoms with van der Waals surface area (Å²) in [7, 11) is -5.77. The Morgan fingerprint density at radius 1 is 1.11 bits per heavy atom. The van der Waals surface area contributed by atoms with E-state index in [4.69, 9.17) is 4.74 Å². The maximum absolute atomic E-state index is 12.3. The number of esters is 1. The topological polar surface area (TPSA) is 98.8 Å². The van der Waals surface area contributed by atoms with E-state index in [1.165, 1.54) is 19.1 Å². The molecule has 27 heavy (non-hydrogen) atoms. The van der Waals surface area contributed by atoms with Crippen molar-refractivity contribution in [2.45, 2.75) is 51.3 Å². The van der Waals surface area contributed by atoms with Gasteiger partial charge in [-0.25, -0.2) is 4.79 Å². The fourth-order valence-corrected chi connectivity index (χ4v) is 2.36. The lowest BCUT2D eigenvalue weighted by Crippen LogP contribution is -2.44. The van der Waals surface area contributed by atoms with E-state index in [2.05, 4.69) is 9.50 Å². The second-order valence-corrected chi connectivity index (χ2v) is 8.16. The maximum Gasteiger partial charge on any atom is 0.534 e. The summed E-state index contributed by atoms with van der Waals surface area (Å²) in [4.78, 5) is 23.5. The van der Waals surface area contributed by atoms with E-state index in [1.807, 2.05) is 0 Å². The standard InChI is InChI=1S/C16H20F3NO6S/c1-10(21)20-13(14(22)25-15(2,3)4)9-11-5-7-12(8-6-11)26-27(23,24)16(17,18)19/h5-8,13H,9H2,1-4H3,(H,20,21)/t13-/m0/s1. The SMILES string of the molecule is CC(=O)N[C@@H](Cc1ccc(OS(=O)(=O)C(F)(F)F)cc1)C(=O)OC(C)(C)C. The first-order valence-electron chi connectivity index (χ1n) is 7.70. The lowest BCUT2D eigenvalue weighted by molar-refractivity contribution is -0.158. The van der Waals surface area contributed by atoms with Crippen LogP contribution < -0.4 is 9.50 Å². The van der Waals surface area contributed by atoms with E-state index < -0.39 is 44.9 Å². The third kappa shape index (κ3) is 7.45. The molecule has 0 bridgehead atoms. The molecule has 0 heterocycles. The van der Waals surface area contributed by atoms with Crippen molar-refractivity contribution >= 4 is 22.0 Å². The van der Waals surface area contributed by atoms with Gasteiger partial charge >= 0.3 is 21.6 Å². The number of rotatable bonds is 6. The van der Waals surface area contributed by atoms with Gasteiger partial charge in [-0.05, 0) is 38.5 Å². The molecule has 0 aliphatic carbocycles. The molecular weight excluding hydrogens is 391 g/mol. The van der Waals surface area contributed by atoms with Gasteiger partial charge in [-0.3, -0.25) is 4.79 Å². The number of hydrogen-bond acceptors (Lipinski definition) is 6. The van der Waals surface area contributed by atoms with Crippen LogP contribution >= 0.6 is 0 Å². The summed E-state index contributed by atoms with van der Waals surface area (Å²) in [5, 5.41) is 2.43.